The number of hydrogen-bond acceptors (Lipinski definition) is 4. The predicted molar refractivity (Wildman–Crippen MR) is 118 cm³/mol. The van der Waals surface area contributed by atoms with Crippen LogP contribution in [-0.2, 0) is 6.54 Å². The van der Waals surface area contributed by atoms with Crippen molar-refractivity contribution in [3.05, 3.63) is 59.7 Å². The maximum atomic E-state index is 8.84. The van der Waals surface area contributed by atoms with E-state index in [-0.39, 0.29) is 24.0 Å². The van der Waals surface area contributed by atoms with Gasteiger partial charge in [-0.3, -0.25) is 4.99 Å². The van der Waals surface area contributed by atoms with Gasteiger partial charge in [0, 0.05) is 20.6 Å². The van der Waals surface area contributed by atoms with E-state index in [1.54, 1.807) is 14.2 Å². The maximum absolute atomic E-state index is 8.84. The van der Waals surface area contributed by atoms with Gasteiger partial charge in [0.15, 0.2) is 5.96 Å². The molecule has 0 saturated heterocycles. The summed E-state index contributed by atoms with van der Waals surface area (Å²) in [4.78, 5) is 6.30. The Labute approximate surface area is 177 Å². The van der Waals surface area contributed by atoms with Crippen LogP contribution >= 0.6 is 24.0 Å². The van der Waals surface area contributed by atoms with E-state index in [2.05, 4.69) is 16.4 Å². The number of aliphatic imine (C=N–C) groups is 1. The third-order valence-electron chi connectivity index (χ3n) is 3.86. The van der Waals surface area contributed by atoms with Crippen LogP contribution in [-0.4, -0.2) is 45.2 Å². The molecule has 7 heteroatoms. The number of halogens is 1. The van der Waals surface area contributed by atoms with Gasteiger partial charge in [-0.2, -0.15) is 5.26 Å². The molecule has 0 spiro atoms. The molecule has 0 radical (unpaired) electrons. The first-order valence-corrected chi connectivity index (χ1v) is 8.34. The second-order valence-corrected chi connectivity index (χ2v) is 5.66. The zero-order valence-electron chi connectivity index (χ0n) is 15.8. The summed E-state index contributed by atoms with van der Waals surface area (Å²) in [7, 11) is 5.36. The summed E-state index contributed by atoms with van der Waals surface area (Å²) >= 11 is 0. The van der Waals surface area contributed by atoms with Gasteiger partial charge in [-0.1, -0.05) is 12.1 Å². The molecule has 0 atom stereocenters. The molecule has 27 heavy (non-hydrogen) atoms. The van der Waals surface area contributed by atoms with Crippen LogP contribution in [0.15, 0.2) is 53.5 Å². The number of rotatable bonds is 7. The van der Waals surface area contributed by atoms with Crippen molar-refractivity contribution in [2.45, 2.75) is 6.54 Å². The van der Waals surface area contributed by atoms with E-state index in [0.29, 0.717) is 25.3 Å². The number of ether oxygens (including phenoxy) is 2. The van der Waals surface area contributed by atoms with Crippen molar-refractivity contribution >= 4 is 29.9 Å². The number of nitriles is 1. The number of nitrogens with one attached hydrogen (secondary N) is 1. The molecule has 1 N–H and O–H groups in total. The Hall–Kier alpha value is -2.47. The zero-order valence-corrected chi connectivity index (χ0v) is 18.1. The number of likely N-dealkylation sites (N-methyl/N-ethyl adjacent to an activating group) is 1. The van der Waals surface area contributed by atoms with E-state index in [1.807, 2.05) is 60.5 Å². The minimum absolute atomic E-state index is 0. The van der Waals surface area contributed by atoms with Crippen molar-refractivity contribution in [1.29, 1.82) is 5.26 Å². The number of guanidine groups is 1. The molecule has 0 saturated carbocycles. The van der Waals surface area contributed by atoms with Gasteiger partial charge in [-0.05, 0) is 42.0 Å². The molecule has 0 aliphatic carbocycles. The average molecular weight is 480 g/mol. The van der Waals surface area contributed by atoms with Crippen molar-refractivity contribution in [3.63, 3.8) is 0 Å². The van der Waals surface area contributed by atoms with Crippen LogP contribution in [0.25, 0.3) is 0 Å². The summed E-state index contributed by atoms with van der Waals surface area (Å²) in [5.74, 6) is 2.40. The summed E-state index contributed by atoms with van der Waals surface area (Å²) in [6.45, 7) is 1.88. The topological polar surface area (TPSA) is 69.9 Å². The smallest absolute Gasteiger partial charge is 0.193 e. The molecule has 0 amide bonds. The fourth-order valence-electron chi connectivity index (χ4n) is 2.34. The van der Waals surface area contributed by atoms with Gasteiger partial charge in [-0.25, -0.2) is 0 Å². The molecule has 0 bridgehead atoms. The first-order valence-electron chi connectivity index (χ1n) is 8.34. The quantitative estimate of drug-likeness (QED) is 0.374. The van der Waals surface area contributed by atoms with Gasteiger partial charge >= 0.3 is 0 Å². The average Bonchev–Trinajstić information content (AvgIpc) is 2.69. The van der Waals surface area contributed by atoms with Crippen molar-refractivity contribution in [2.75, 3.05) is 34.4 Å². The zero-order chi connectivity index (χ0) is 18.8. The molecule has 144 valence electrons. The van der Waals surface area contributed by atoms with Gasteiger partial charge in [0.25, 0.3) is 0 Å². The molecule has 0 heterocycles. The number of hydrogen-bond donors (Lipinski definition) is 1. The molecule has 2 aromatic rings. The lowest BCUT2D eigenvalue weighted by atomic mass is 10.1. The van der Waals surface area contributed by atoms with Crippen molar-refractivity contribution < 1.29 is 9.47 Å². The van der Waals surface area contributed by atoms with Crippen molar-refractivity contribution in [2.24, 2.45) is 4.99 Å². The van der Waals surface area contributed by atoms with E-state index in [1.165, 1.54) is 0 Å². The van der Waals surface area contributed by atoms with Crippen LogP contribution in [0.3, 0.4) is 0 Å². The minimum atomic E-state index is 0. The Morgan fingerprint density at radius 1 is 1.11 bits per heavy atom. The van der Waals surface area contributed by atoms with Gasteiger partial charge in [0.1, 0.15) is 18.1 Å². The first kappa shape index (κ1) is 22.6. The molecule has 0 aliphatic rings. The maximum Gasteiger partial charge on any atom is 0.193 e. The monoisotopic (exact) mass is 480 g/mol. The van der Waals surface area contributed by atoms with Gasteiger partial charge in [-0.15, -0.1) is 24.0 Å². The molecule has 2 aromatic carbocycles. The van der Waals surface area contributed by atoms with E-state index in [0.717, 1.165) is 23.0 Å². The first-order chi connectivity index (χ1) is 12.7. The van der Waals surface area contributed by atoms with Gasteiger partial charge < -0.3 is 19.7 Å². The number of methoxy groups -OCH3 is 1. The van der Waals surface area contributed by atoms with Crippen LogP contribution in [0.4, 0.5) is 0 Å². The summed E-state index contributed by atoms with van der Waals surface area (Å²) in [6.07, 6.45) is 0. The molecular weight excluding hydrogens is 455 g/mol. The summed E-state index contributed by atoms with van der Waals surface area (Å²) < 4.78 is 10.9. The Morgan fingerprint density at radius 2 is 1.74 bits per heavy atom. The molecule has 0 unspecified atom stereocenters. The van der Waals surface area contributed by atoms with E-state index < -0.39 is 0 Å². The van der Waals surface area contributed by atoms with Crippen LogP contribution in [0.2, 0.25) is 0 Å². The Balaban J connectivity index is 0.00000364. The lowest BCUT2D eigenvalue weighted by Crippen LogP contribution is -2.40. The van der Waals surface area contributed by atoms with Crippen molar-refractivity contribution in [1.82, 2.24) is 10.2 Å². The second-order valence-electron chi connectivity index (χ2n) is 5.66. The Bertz CT molecular complexity index is 755. The third kappa shape index (κ3) is 7.35. The molecule has 0 aliphatic heterocycles. The Morgan fingerprint density at radius 3 is 2.30 bits per heavy atom. The third-order valence-corrected chi connectivity index (χ3v) is 3.86. The second kappa shape index (κ2) is 12.0. The minimum Gasteiger partial charge on any atom is -0.497 e. The largest absolute Gasteiger partial charge is 0.497 e. The van der Waals surface area contributed by atoms with Gasteiger partial charge in [0.2, 0.25) is 0 Å². The van der Waals surface area contributed by atoms with Crippen molar-refractivity contribution in [3.8, 4) is 17.6 Å². The van der Waals surface area contributed by atoms with Gasteiger partial charge in [0.05, 0.1) is 25.3 Å². The van der Waals surface area contributed by atoms with E-state index in [4.69, 9.17) is 14.7 Å². The number of benzene rings is 2. The predicted octanol–water partition coefficient (Wildman–Crippen LogP) is 3.27. The highest BCUT2D eigenvalue weighted by Crippen LogP contribution is 2.16. The highest BCUT2D eigenvalue weighted by atomic mass is 127. The molecule has 6 nitrogen and oxygen atoms in total. The lowest BCUT2D eigenvalue weighted by molar-refractivity contribution is 0.281. The molecule has 0 fully saturated rings. The molecule has 0 aromatic heterocycles. The Kier molecular flexibility index (Phi) is 10.0. The highest BCUT2D eigenvalue weighted by molar-refractivity contribution is 14.0. The van der Waals surface area contributed by atoms with E-state index >= 15 is 0 Å². The van der Waals surface area contributed by atoms with Crippen LogP contribution in [0, 0.1) is 11.3 Å². The summed E-state index contributed by atoms with van der Waals surface area (Å²) in [5.41, 5.74) is 1.75. The van der Waals surface area contributed by atoms with Crippen LogP contribution in [0.1, 0.15) is 11.1 Å². The fraction of sp³-hybridized carbons (Fsp3) is 0.300. The molecular formula is C20H25IN4O2. The van der Waals surface area contributed by atoms with Crippen LogP contribution in [0.5, 0.6) is 11.5 Å². The SMILES string of the molecule is CN=C(NCc1ccc(C#N)cc1)N(C)CCOc1ccc(OC)cc1.I. The lowest BCUT2D eigenvalue weighted by Gasteiger charge is -2.22. The van der Waals surface area contributed by atoms with E-state index in [9.17, 15) is 0 Å². The normalized spacial score (nSPS) is 10.4. The summed E-state index contributed by atoms with van der Waals surface area (Å²) in [6, 6.07) is 17.1. The van der Waals surface area contributed by atoms with Crippen LogP contribution < -0.4 is 14.8 Å². The fourth-order valence-corrected chi connectivity index (χ4v) is 2.34. The molecule has 2 rings (SSSR count). The highest BCUT2D eigenvalue weighted by Gasteiger charge is 2.06. The standard InChI is InChI=1S/C20H24N4O2.HI/c1-22-20(23-15-17-6-4-16(14-21)5-7-17)24(2)12-13-26-19-10-8-18(25-3)9-11-19;/h4-11H,12-13,15H2,1-3H3,(H,22,23);1H. The summed E-state index contributed by atoms with van der Waals surface area (Å²) in [5, 5.41) is 12.1. The number of nitrogens with zero attached hydrogens (tertiary/aromatic N) is 3.